The van der Waals surface area contributed by atoms with Crippen molar-refractivity contribution in [2.75, 3.05) is 7.05 Å². The van der Waals surface area contributed by atoms with Crippen LogP contribution in [0, 0.1) is 0 Å². The fraction of sp³-hybridized carbons (Fsp3) is 0.400. The van der Waals surface area contributed by atoms with E-state index in [0.717, 1.165) is 0 Å². The van der Waals surface area contributed by atoms with Gasteiger partial charge in [-0.3, -0.25) is 9.59 Å². The van der Waals surface area contributed by atoms with Gasteiger partial charge in [0.25, 0.3) is 5.91 Å². The van der Waals surface area contributed by atoms with E-state index in [1.54, 1.807) is 12.3 Å². The normalized spacial score (nSPS) is 11.9. The Balaban J connectivity index is 2.57. The van der Waals surface area contributed by atoms with Crippen LogP contribution in [0.15, 0.2) is 18.5 Å². The number of carbonyl (C=O) groups excluding carboxylic acids is 1. The molecule has 1 heterocycles. The third-order valence-corrected chi connectivity index (χ3v) is 2.25. The van der Waals surface area contributed by atoms with Gasteiger partial charge in [-0.2, -0.15) is 0 Å². The van der Waals surface area contributed by atoms with Crippen LogP contribution in [0.4, 0.5) is 0 Å². The first kappa shape index (κ1) is 13.0. The fourth-order valence-electron chi connectivity index (χ4n) is 1.19. The minimum Gasteiger partial charge on any atom is -0.480 e. The van der Waals surface area contributed by atoms with Gasteiger partial charge in [0.05, 0.1) is 5.56 Å². The van der Waals surface area contributed by atoms with Gasteiger partial charge < -0.3 is 16.2 Å². The van der Waals surface area contributed by atoms with Crippen molar-refractivity contribution >= 4 is 11.9 Å². The first-order chi connectivity index (χ1) is 8.04. The van der Waals surface area contributed by atoms with Crippen molar-refractivity contribution in [1.82, 2.24) is 10.4 Å². The Hall–Kier alpha value is -2.02. The van der Waals surface area contributed by atoms with E-state index in [1.807, 2.05) is 0 Å². The average molecular weight is 239 g/mol. The van der Waals surface area contributed by atoms with E-state index in [4.69, 9.17) is 10.8 Å². The standard InChI is InChI=1S/C10H14N4O3/c1-12-9(15)7-2-4-14(13-6-7)5-3-8(11)10(16)17/h2,4,6,8H,3,5,11H2,1H3,(H-,12,15,16,17)/p+1/t8-/m0/s1. The zero-order valence-electron chi connectivity index (χ0n) is 9.46. The largest absolute Gasteiger partial charge is 0.480 e. The van der Waals surface area contributed by atoms with Gasteiger partial charge in [0, 0.05) is 19.5 Å². The van der Waals surface area contributed by atoms with Gasteiger partial charge in [-0.15, -0.1) is 0 Å². The van der Waals surface area contributed by atoms with Crippen molar-refractivity contribution in [3.63, 3.8) is 0 Å². The van der Waals surface area contributed by atoms with Crippen molar-refractivity contribution in [2.45, 2.75) is 19.0 Å². The number of hydrogen-bond acceptors (Lipinski definition) is 4. The highest BCUT2D eigenvalue weighted by molar-refractivity contribution is 5.93. The Bertz CT molecular complexity index is 405. The molecular weight excluding hydrogens is 224 g/mol. The second kappa shape index (κ2) is 5.90. The van der Waals surface area contributed by atoms with Crippen LogP contribution in [0.3, 0.4) is 0 Å². The highest BCUT2D eigenvalue weighted by Crippen LogP contribution is 1.93. The monoisotopic (exact) mass is 239 g/mol. The van der Waals surface area contributed by atoms with E-state index >= 15 is 0 Å². The molecule has 0 radical (unpaired) electrons. The number of carboxylic acid groups (broad SMARTS) is 1. The molecule has 4 N–H and O–H groups in total. The molecule has 17 heavy (non-hydrogen) atoms. The van der Waals surface area contributed by atoms with E-state index in [1.165, 1.54) is 17.9 Å². The van der Waals surface area contributed by atoms with Crippen molar-refractivity contribution in [3.05, 3.63) is 24.0 Å². The van der Waals surface area contributed by atoms with Crippen LogP contribution in [0.25, 0.3) is 0 Å². The molecule has 0 aliphatic rings. The number of carbonyl (C=O) groups is 2. The van der Waals surface area contributed by atoms with Crippen LogP contribution in [0.5, 0.6) is 0 Å². The molecule has 0 aliphatic heterocycles. The summed E-state index contributed by atoms with van der Waals surface area (Å²) in [5.74, 6) is -1.25. The minimum absolute atomic E-state index is 0.216. The zero-order valence-corrected chi connectivity index (χ0v) is 9.46. The van der Waals surface area contributed by atoms with E-state index in [2.05, 4.69) is 10.4 Å². The molecule has 1 aromatic rings. The lowest BCUT2D eigenvalue weighted by atomic mass is 10.2. The molecule has 0 unspecified atom stereocenters. The minimum atomic E-state index is -1.03. The molecule has 0 bridgehead atoms. The summed E-state index contributed by atoms with van der Waals surface area (Å²) in [5, 5.41) is 15.1. The SMILES string of the molecule is CNC(=O)c1cc[n+](CC[C@H](N)C(=O)O)nc1. The van der Waals surface area contributed by atoms with Crippen molar-refractivity contribution < 1.29 is 19.4 Å². The lowest BCUT2D eigenvalue weighted by molar-refractivity contribution is -0.754. The number of rotatable bonds is 5. The van der Waals surface area contributed by atoms with E-state index in [-0.39, 0.29) is 12.3 Å². The van der Waals surface area contributed by atoms with Gasteiger partial charge in [0.15, 0.2) is 12.7 Å². The second-order valence-electron chi connectivity index (χ2n) is 3.49. The molecule has 0 saturated carbocycles. The maximum absolute atomic E-state index is 11.2. The van der Waals surface area contributed by atoms with Gasteiger partial charge >= 0.3 is 5.97 Å². The average Bonchev–Trinajstić information content (AvgIpc) is 2.35. The van der Waals surface area contributed by atoms with Crippen LogP contribution in [0.2, 0.25) is 0 Å². The molecule has 7 heteroatoms. The maximum Gasteiger partial charge on any atom is 0.320 e. The number of amides is 1. The molecule has 1 aromatic heterocycles. The second-order valence-corrected chi connectivity index (χ2v) is 3.49. The Morgan fingerprint density at radius 1 is 1.65 bits per heavy atom. The van der Waals surface area contributed by atoms with Crippen molar-refractivity contribution in [3.8, 4) is 0 Å². The molecular formula is C10H15N4O3+. The van der Waals surface area contributed by atoms with Crippen molar-refractivity contribution in [2.24, 2.45) is 5.73 Å². The molecule has 1 atom stereocenters. The topological polar surface area (TPSA) is 109 Å². The number of nitrogens with two attached hydrogens (primary N) is 1. The number of nitrogens with zero attached hydrogens (tertiary/aromatic N) is 2. The van der Waals surface area contributed by atoms with Gasteiger partial charge in [-0.25, -0.2) is 0 Å². The third-order valence-electron chi connectivity index (χ3n) is 2.25. The number of nitrogens with one attached hydrogen (secondary N) is 1. The summed E-state index contributed by atoms with van der Waals surface area (Å²) < 4.78 is 1.54. The number of aryl methyl sites for hydroxylation is 1. The summed E-state index contributed by atoms with van der Waals surface area (Å²) >= 11 is 0. The summed E-state index contributed by atoms with van der Waals surface area (Å²) in [4.78, 5) is 21.7. The first-order valence-corrected chi connectivity index (χ1v) is 5.11. The Morgan fingerprint density at radius 2 is 2.35 bits per heavy atom. The molecule has 7 nitrogen and oxygen atoms in total. The molecule has 1 rings (SSSR count). The van der Waals surface area contributed by atoms with Gasteiger partial charge in [-0.1, -0.05) is 4.68 Å². The first-order valence-electron chi connectivity index (χ1n) is 5.11. The highest BCUT2D eigenvalue weighted by Gasteiger charge is 2.15. The number of hydrogen-bond donors (Lipinski definition) is 3. The van der Waals surface area contributed by atoms with E-state index in [9.17, 15) is 9.59 Å². The van der Waals surface area contributed by atoms with E-state index < -0.39 is 12.0 Å². The van der Waals surface area contributed by atoms with Crippen LogP contribution in [0.1, 0.15) is 16.8 Å². The molecule has 0 aromatic carbocycles. The quantitative estimate of drug-likeness (QED) is 0.543. The number of aliphatic carboxylic acids is 1. The zero-order chi connectivity index (χ0) is 12.8. The highest BCUT2D eigenvalue weighted by atomic mass is 16.4. The smallest absolute Gasteiger partial charge is 0.320 e. The third kappa shape index (κ3) is 3.80. The van der Waals surface area contributed by atoms with Crippen LogP contribution in [-0.4, -0.2) is 35.2 Å². The van der Waals surface area contributed by atoms with Crippen LogP contribution < -0.4 is 15.7 Å². The number of aromatic nitrogens is 2. The summed E-state index contributed by atoms with van der Waals surface area (Å²) in [6, 6.07) is 0.709. The summed E-state index contributed by atoms with van der Waals surface area (Å²) in [7, 11) is 1.54. The summed E-state index contributed by atoms with van der Waals surface area (Å²) in [6.07, 6.45) is 3.32. The van der Waals surface area contributed by atoms with Crippen molar-refractivity contribution in [1.29, 1.82) is 0 Å². The maximum atomic E-state index is 11.2. The van der Waals surface area contributed by atoms with Crippen LogP contribution in [-0.2, 0) is 11.3 Å². The van der Waals surface area contributed by atoms with Crippen LogP contribution >= 0.6 is 0 Å². The molecule has 0 aliphatic carbocycles. The summed E-state index contributed by atoms with van der Waals surface area (Å²) in [6.45, 7) is 0.390. The summed E-state index contributed by atoms with van der Waals surface area (Å²) in [5.41, 5.74) is 5.81. The molecule has 0 spiro atoms. The molecule has 92 valence electrons. The Kier molecular flexibility index (Phi) is 4.53. The van der Waals surface area contributed by atoms with Gasteiger partial charge in [0.1, 0.15) is 12.2 Å². The molecule has 0 fully saturated rings. The predicted molar refractivity (Wildman–Crippen MR) is 58.1 cm³/mol. The van der Waals surface area contributed by atoms with Gasteiger partial charge in [-0.05, 0) is 5.10 Å². The lowest BCUT2D eigenvalue weighted by Gasteiger charge is -2.02. The fourth-order valence-corrected chi connectivity index (χ4v) is 1.19. The Morgan fingerprint density at radius 3 is 2.82 bits per heavy atom. The number of carboxylic acids is 1. The Labute approximate surface area is 98.2 Å². The molecule has 1 amide bonds. The van der Waals surface area contributed by atoms with E-state index in [0.29, 0.717) is 12.1 Å². The lowest BCUT2D eigenvalue weighted by Crippen LogP contribution is -2.42. The predicted octanol–water partition coefficient (Wildman–Crippen LogP) is -1.47. The molecule has 0 saturated heterocycles. The van der Waals surface area contributed by atoms with Gasteiger partial charge in [0.2, 0.25) is 0 Å².